The number of hydrogen-bond acceptors (Lipinski definition) is 4. The van der Waals surface area contributed by atoms with Gasteiger partial charge in [-0.2, -0.15) is 5.26 Å². The number of benzene rings is 1. The Bertz CT molecular complexity index is 1250. The molecule has 1 saturated carbocycles. The zero-order chi connectivity index (χ0) is 20.5. The summed E-state index contributed by atoms with van der Waals surface area (Å²) in [6.07, 6.45) is 8.70. The third kappa shape index (κ3) is 3.38. The van der Waals surface area contributed by atoms with Crippen molar-refractivity contribution in [3.8, 4) is 17.5 Å². The van der Waals surface area contributed by atoms with Crippen LogP contribution >= 0.6 is 23.4 Å². The van der Waals surface area contributed by atoms with Crippen molar-refractivity contribution in [3.63, 3.8) is 0 Å². The van der Waals surface area contributed by atoms with Gasteiger partial charge in [0, 0.05) is 29.8 Å². The number of aromatic nitrogens is 4. The maximum Gasteiger partial charge on any atom is 0.192 e. The zero-order valence-corrected chi connectivity index (χ0v) is 17.9. The first kappa shape index (κ1) is 19.2. The second kappa shape index (κ2) is 8.17. The molecule has 3 aromatic heterocycles. The second-order valence-electron chi connectivity index (χ2n) is 7.52. The standard InChI is InChI=1S/C23H20ClN5S/c24-20-10-4-3-9-18(20)22-26-27-23(29(22)17-7-1-2-8-17)30-15-16-14-28-12-6-5-11-21(28)19(16)13-25/h3-6,9-12,14,17H,1-2,7-8,15H2. The Morgan fingerprint density at radius 2 is 1.90 bits per heavy atom. The monoisotopic (exact) mass is 433 g/mol. The first-order valence-electron chi connectivity index (χ1n) is 10.1. The smallest absolute Gasteiger partial charge is 0.192 e. The van der Waals surface area contributed by atoms with E-state index < -0.39 is 0 Å². The topological polar surface area (TPSA) is 58.9 Å². The van der Waals surface area contributed by atoms with Gasteiger partial charge in [-0.1, -0.05) is 54.4 Å². The summed E-state index contributed by atoms with van der Waals surface area (Å²) >= 11 is 8.11. The van der Waals surface area contributed by atoms with Crippen LogP contribution in [0.4, 0.5) is 0 Å². The predicted molar refractivity (Wildman–Crippen MR) is 120 cm³/mol. The van der Waals surface area contributed by atoms with E-state index in [-0.39, 0.29) is 0 Å². The van der Waals surface area contributed by atoms with Crippen LogP contribution in [0.3, 0.4) is 0 Å². The van der Waals surface area contributed by atoms with E-state index >= 15 is 0 Å². The first-order chi connectivity index (χ1) is 14.8. The normalized spacial score (nSPS) is 14.4. The van der Waals surface area contributed by atoms with Gasteiger partial charge in [0.1, 0.15) is 6.07 Å². The molecule has 0 spiro atoms. The van der Waals surface area contributed by atoms with E-state index in [2.05, 4.69) is 20.8 Å². The van der Waals surface area contributed by atoms with Gasteiger partial charge in [0.05, 0.1) is 16.1 Å². The van der Waals surface area contributed by atoms with E-state index in [0.717, 1.165) is 46.0 Å². The minimum absolute atomic E-state index is 0.386. The molecule has 1 fully saturated rings. The van der Waals surface area contributed by atoms with Crippen molar-refractivity contribution in [3.05, 3.63) is 71.0 Å². The molecule has 30 heavy (non-hydrogen) atoms. The molecule has 1 aromatic carbocycles. The third-order valence-corrected chi connectivity index (χ3v) is 7.02. The number of hydrogen-bond donors (Lipinski definition) is 0. The second-order valence-corrected chi connectivity index (χ2v) is 8.87. The number of halogens is 1. The molecule has 0 radical (unpaired) electrons. The molecular weight excluding hydrogens is 414 g/mol. The molecule has 4 aromatic rings. The number of nitrogens with zero attached hydrogens (tertiary/aromatic N) is 5. The lowest BCUT2D eigenvalue weighted by atomic mass is 10.2. The molecule has 5 rings (SSSR count). The number of rotatable bonds is 5. The van der Waals surface area contributed by atoms with Gasteiger partial charge in [-0.3, -0.25) is 4.57 Å². The van der Waals surface area contributed by atoms with Crippen LogP contribution in [0, 0.1) is 11.3 Å². The minimum atomic E-state index is 0.386. The van der Waals surface area contributed by atoms with Crippen LogP contribution in [0.1, 0.15) is 42.9 Å². The van der Waals surface area contributed by atoms with E-state index in [0.29, 0.717) is 16.8 Å². The van der Waals surface area contributed by atoms with Crippen molar-refractivity contribution < 1.29 is 0 Å². The highest BCUT2D eigenvalue weighted by molar-refractivity contribution is 7.98. The molecule has 0 amide bonds. The molecular formula is C23H20ClN5S. The molecule has 0 N–H and O–H groups in total. The van der Waals surface area contributed by atoms with Crippen molar-refractivity contribution in [2.24, 2.45) is 0 Å². The molecule has 3 heterocycles. The maximum atomic E-state index is 9.69. The zero-order valence-electron chi connectivity index (χ0n) is 16.3. The SMILES string of the molecule is N#Cc1c(CSc2nnc(-c3ccccc3Cl)n2C2CCCC2)cn2ccccc12. The summed E-state index contributed by atoms with van der Waals surface area (Å²) in [5.41, 5.74) is 3.58. The molecule has 0 saturated heterocycles. The van der Waals surface area contributed by atoms with Gasteiger partial charge in [-0.25, -0.2) is 0 Å². The summed E-state index contributed by atoms with van der Waals surface area (Å²) in [4.78, 5) is 0. The molecule has 0 unspecified atom stereocenters. The Morgan fingerprint density at radius 1 is 1.10 bits per heavy atom. The van der Waals surface area contributed by atoms with Crippen molar-refractivity contribution in [1.29, 1.82) is 5.26 Å². The van der Waals surface area contributed by atoms with Gasteiger partial charge in [-0.15, -0.1) is 10.2 Å². The highest BCUT2D eigenvalue weighted by atomic mass is 35.5. The molecule has 1 aliphatic rings. The highest BCUT2D eigenvalue weighted by Gasteiger charge is 2.26. The Labute approximate surface area is 184 Å². The molecule has 5 nitrogen and oxygen atoms in total. The number of thioether (sulfide) groups is 1. The number of pyridine rings is 1. The van der Waals surface area contributed by atoms with Gasteiger partial charge in [0.2, 0.25) is 0 Å². The maximum absolute atomic E-state index is 9.69. The van der Waals surface area contributed by atoms with Gasteiger partial charge in [-0.05, 0) is 42.7 Å². The molecule has 0 bridgehead atoms. The summed E-state index contributed by atoms with van der Waals surface area (Å²) in [7, 11) is 0. The molecule has 150 valence electrons. The Hall–Kier alpha value is -2.75. The van der Waals surface area contributed by atoms with Gasteiger partial charge in [0.15, 0.2) is 11.0 Å². The van der Waals surface area contributed by atoms with E-state index in [1.165, 1.54) is 12.8 Å². The van der Waals surface area contributed by atoms with Crippen LogP contribution in [-0.4, -0.2) is 19.2 Å². The van der Waals surface area contributed by atoms with Crippen molar-refractivity contribution >= 4 is 28.9 Å². The molecule has 0 atom stereocenters. The largest absolute Gasteiger partial charge is 0.322 e. The van der Waals surface area contributed by atoms with Crippen molar-refractivity contribution in [1.82, 2.24) is 19.2 Å². The predicted octanol–water partition coefficient (Wildman–Crippen LogP) is 6.13. The lowest BCUT2D eigenvalue weighted by molar-refractivity contribution is 0.485. The average molecular weight is 434 g/mol. The molecule has 7 heteroatoms. The van der Waals surface area contributed by atoms with Crippen LogP contribution in [0.15, 0.2) is 60.0 Å². The van der Waals surface area contributed by atoms with Crippen LogP contribution < -0.4 is 0 Å². The minimum Gasteiger partial charge on any atom is -0.322 e. The van der Waals surface area contributed by atoms with Crippen molar-refractivity contribution in [2.45, 2.75) is 42.6 Å². The fourth-order valence-corrected chi connectivity index (χ4v) is 5.45. The average Bonchev–Trinajstić information content (AvgIpc) is 3.50. The molecule has 0 aliphatic heterocycles. The van der Waals surface area contributed by atoms with Crippen LogP contribution in [0.2, 0.25) is 5.02 Å². The summed E-state index contributed by atoms with van der Waals surface area (Å²) < 4.78 is 4.27. The quantitative estimate of drug-likeness (QED) is 0.355. The summed E-state index contributed by atoms with van der Waals surface area (Å²) in [6, 6.07) is 16.5. The Balaban J connectivity index is 1.51. The van der Waals surface area contributed by atoms with Gasteiger partial charge in [0.25, 0.3) is 0 Å². The van der Waals surface area contributed by atoms with E-state index in [9.17, 15) is 5.26 Å². The van der Waals surface area contributed by atoms with E-state index in [1.807, 2.05) is 59.3 Å². The highest BCUT2D eigenvalue weighted by Crippen LogP contribution is 2.39. The van der Waals surface area contributed by atoms with Gasteiger partial charge < -0.3 is 4.40 Å². The summed E-state index contributed by atoms with van der Waals surface area (Å²) in [5, 5.41) is 20.3. The van der Waals surface area contributed by atoms with Crippen LogP contribution in [0.25, 0.3) is 16.9 Å². The third-order valence-electron chi connectivity index (χ3n) is 5.70. The lowest BCUT2D eigenvalue weighted by Crippen LogP contribution is -2.08. The fourth-order valence-electron chi connectivity index (χ4n) is 4.25. The van der Waals surface area contributed by atoms with E-state index in [4.69, 9.17) is 11.6 Å². The summed E-state index contributed by atoms with van der Waals surface area (Å²) in [6.45, 7) is 0. The van der Waals surface area contributed by atoms with Crippen LogP contribution in [-0.2, 0) is 5.75 Å². The number of nitriles is 1. The summed E-state index contributed by atoms with van der Waals surface area (Å²) in [5.74, 6) is 1.50. The van der Waals surface area contributed by atoms with Gasteiger partial charge >= 0.3 is 0 Å². The fraction of sp³-hybridized carbons (Fsp3) is 0.261. The van der Waals surface area contributed by atoms with E-state index in [1.54, 1.807) is 11.8 Å². The number of fused-ring (bicyclic) bond motifs is 1. The van der Waals surface area contributed by atoms with Crippen LogP contribution in [0.5, 0.6) is 0 Å². The Morgan fingerprint density at radius 3 is 2.70 bits per heavy atom. The lowest BCUT2D eigenvalue weighted by Gasteiger charge is -2.17. The Kier molecular flexibility index (Phi) is 5.24. The van der Waals surface area contributed by atoms with Crippen molar-refractivity contribution in [2.75, 3.05) is 0 Å². The first-order valence-corrected chi connectivity index (χ1v) is 11.4. The molecule has 1 aliphatic carbocycles.